The minimum absolute atomic E-state index is 0.0169. The molecule has 0 saturated carbocycles. The van der Waals surface area contributed by atoms with Gasteiger partial charge in [0.05, 0.1) is 6.04 Å². The second-order valence-corrected chi connectivity index (χ2v) is 8.09. The summed E-state index contributed by atoms with van der Waals surface area (Å²) in [5, 5.41) is 0. The summed E-state index contributed by atoms with van der Waals surface area (Å²) < 4.78 is 15.7. The third-order valence-electron chi connectivity index (χ3n) is 1.95. The Hall–Kier alpha value is 0.0600. The second-order valence-electron chi connectivity index (χ2n) is 2.89. The fourth-order valence-corrected chi connectivity index (χ4v) is 5.93. The molecule has 0 aromatic rings. The zero-order chi connectivity index (χ0) is 9.35. The lowest BCUT2D eigenvalue weighted by Crippen LogP contribution is -2.26. The molecule has 3 nitrogen and oxygen atoms in total. The van der Waals surface area contributed by atoms with Gasteiger partial charge in [-0.3, -0.25) is 4.57 Å². The first-order chi connectivity index (χ1) is 5.52. The smallest absolute Gasteiger partial charge is 0.272 e. The number of hydrogen-bond acceptors (Lipinski definition) is 2. The third-order valence-corrected chi connectivity index (χ3v) is 8.05. The monoisotopic (exact) mass is 204 g/mol. The Morgan fingerprint density at radius 1 is 1.75 bits per heavy atom. The molecule has 1 aliphatic heterocycles. The van der Waals surface area contributed by atoms with E-state index in [4.69, 9.17) is 6.42 Å². The Labute approximate surface area is 77.7 Å². The van der Waals surface area contributed by atoms with Gasteiger partial charge < -0.3 is 0 Å². The lowest BCUT2D eigenvalue weighted by atomic mass is 10.4. The van der Waals surface area contributed by atoms with Crippen LogP contribution in [0.2, 0.25) is 0 Å². The second kappa shape index (κ2) is 3.43. The molecule has 2 atom stereocenters. The van der Waals surface area contributed by atoms with E-state index in [1.807, 2.05) is 21.1 Å². The summed E-state index contributed by atoms with van der Waals surface area (Å²) in [7, 11) is 5.47. The molecule has 0 N–H and O–H groups in total. The topological polar surface area (TPSA) is 23.6 Å². The summed E-state index contributed by atoms with van der Waals surface area (Å²) in [5.74, 6) is 3.40. The first kappa shape index (κ1) is 10.1. The van der Waals surface area contributed by atoms with Gasteiger partial charge in [0.15, 0.2) is 0 Å². The average molecular weight is 204 g/mol. The zero-order valence-corrected chi connectivity index (χ0v) is 9.23. The van der Waals surface area contributed by atoms with Gasteiger partial charge in [0.25, 0.3) is 6.65 Å². The van der Waals surface area contributed by atoms with Crippen molar-refractivity contribution in [1.29, 1.82) is 0 Å². The quantitative estimate of drug-likeness (QED) is 0.475. The summed E-state index contributed by atoms with van der Waals surface area (Å²) in [4.78, 5) is 0. The predicted molar refractivity (Wildman–Crippen MR) is 54.1 cm³/mol. The first-order valence-corrected chi connectivity index (χ1v) is 6.84. The van der Waals surface area contributed by atoms with Gasteiger partial charge in [0.1, 0.15) is 0 Å². The van der Waals surface area contributed by atoms with Gasteiger partial charge in [-0.05, 0) is 21.1 Å². The van der Waals surface area contributed by atoms with Crippen molar-refractivity contribution in [1.82, 2.24) is 9.34 Å². The number of nitrogens with zero attached hydrogens (tertiary/aromatic N) is 2. The van der Waals surface area contributed by atoms with Crippen LogP contribution in [0.25, 0.3) is 0 Å². The third kappa shape index (κ3) is 1.43. The van der Waals surface area contributed by atoms with Gasteiger partial charge in [0, 0.05) is 5.75 Å². The Bertz CT molecular complexity index is 261. The maximum atomic E-state index is 12.1. The molecule has 5 heteroatoms. The van der Waals surface area contributed by atoms with Crippen LogP contribution in [0.15, 0.2) is 0 Å². The van der Waals surface area contributed by atoms with Crippen molar-refractivity contribution in [3.05, 3.63) is 0 Å². The molecule has 1 aliphatic rings. The molecule has 2 unspecified atom stereocenters. The van der Waals surface area contributed by atoms with Crippen LogP contribution >= 0.6 is 18.0 Å². The molecule has 12 heavy (non-hydrogen) atoms. The van der Waals surface area contributed by atoms with Crippen molar-refractivity contribution in [3.8, 4) is 12.3 Å². The first-order valence-electron chi connectivity index (χ1n) is 3.64. The van der Waals surface area contributed by atoms with Crippen molar-refractivity contribution >= 4 is 18.0 Å². The molecule has 0 bridgehead atoms. The van der Waals surface area contributed by atoms with Crippen molar-refractivity contribution in [3.63, 3.8) is 0 Å². The highest BCUT2D eigenvalue weighted by Gasteiger charge is 2.41. The summed E-state index contributed by atoms with van der Waals surface area (Å²) in [6.45, 7) is -2.36. The number of terminal acetylenes is 1. The molecule has 1 fully saturated rings. The molecular weight excluding hydrogens is 191 g/mol. The fraction of sp³-hybridized carbons (Fsp3) is 0.714. The van der Waals surface area contributed by atoms with Crippen LogP contribution < -0.4 is 0 Å². The zero-order valence-electron chi connectivity index (χ0n) is 7.52. The Morgan fingerprint density at radius 2 is 2.33 bits per heavy atom. The molecule has 1 rings (SSSR count). The Morgan fingerprint density at radius 3 is 2.58 bits per heavy atom. The number of rotatable bonds is 1. The van der Waals surface area contributed by atoms with Crippen LogP contribution in [0.1, 0.15) is 0 Å². The van der Waals surface area contributed by atoms with E-state index < -0.39 is 6.65 Å². The molecule has 0 radical (unpaired) electrons. The fourth-order valence-electron chi connectivity index (χ4n) is 1.10. The lowest BCUT2D eigenvalue weighted by Gasteiger charge is -2.26. The van der Waals surface area contributed by atoms with E-state index in [2.05, 4.69) is 5.92 Å². The van der Waals surface area contributed by atoms with E-state index in [9.17, 15) is 4.57 Å². The highest BCUT2D eigenvalue weighted by atomic mass is 32.7. The largest absolute Gasteiger partial charge is 0.276 e. The lowest BCUT2D eigenvalue weighted by molar-refractivity contribution is 0.423. The van der Waals surface area contributed by atoms with E-state index in [1.54, 1.807) is 9.34 Å². The SMILES string of the molecule is C#CC1CSP(=O)(N(C)C)N1C. The molecule has 1 heterocycles. The summed E-state index contributed by atoms with van der Waals surface area (Å²) in [6.07, 6.45) is 5.30. The van der Waals surface area contributed by atoms with Gasteiger partial charge in [-0.25, -0.2) is 9.34 Å². The van der Waals surface area contributed by atoms with Crippen LogP contribution in [-0.4, -0.2) is 42.3 Å². The van der Waals surface area contributed by atoms with Gasteiger partial charge in [-0.15, -0.1) is 6.42 Å². The normalized spacial score (nSPS) is 37.1. The van der Waals surface area contributed by atoms with Crippen molar-refractivity contribution < 1.29 is 4.57 Å². The van der Waals surface area contributed by atoms with E-state index in [0.717, 1.165) is 5.75 Å². The molecule has 0 spiro atoms. The highest BCUT2D eigenvalue weighted by molar-refractivity contribution is 8.57. The molecule has 0 amide bonds. The van der Waals surface area contributed by atoms with E-state index in [1.165, 1.54) is 11.4 Å². The number of hydrogen-bond donors (Lipinski definition) is 0. The van der Waals surface area contributed by atoms with Gasteiger partial charge >= 0.3 is 0 Å². The summed E-state index contributed by atoms with van der Waals surface area (Å²) >= 11 is 1.46. The van der Waals surface area contributed by atoms with Gasteiger partial charge in [0.2, 0.25) is 0 Å². The highest BCUT2D eigenvalue weighted by Crippen LogP contribution is 2.67. The van der Waals surface area contributed by atoms with Crippen LogP contribution in [0.3, 0.4) is 0 Å². The van der Waals surface area contributed by atoms with E-state index in [0.29, 0.717) is 0 Å². The van der Waals surface area contributed by atoms with Crippen molar-refractivity contribution in [2.24, 2.45) is 0 Å². The standard InChI is InChI=1S/C7H13N2OPS/c1-5-7-6-12-11(10,8(2)3)9(7)4/h1,7H,6H2,2-4H3. The van der Waals surface area contributed by atoms with E-state index >= 15 is 0 Å². The molecule has 0 aliphatic carbocycles. The minimum atomic E-state index is -2.36. The average Bonchev–Trinajstić information content (AvgIpc) is 2.31. The van der Waals surface area contributed by atoms with Crippen LogP contribution in [0.5, 0.6) is 0 Å². The molecule has 1 saturated heterocycles. The molecular formula is C7H13N2OPS. The van der Waals surface area contributed by atoms with Crippen LogP contribution in [0.4, 0.5) is 0 Å². The minimum Gasteiger partial charge on any atom is -0.276 e. The maximum absolute atomic E-state index is 12.1. The molecule has 68 valence electrons. The Balaban J connectivity index is 2.87. The Kier molecular flexibility index (Phi) is 2.90. The summed E-state index contributed by atoms with van der Waals surface area (Å²) in [6, 6.07) is 0.0169. The van der Waals surface area contributed by atoms with Crippen molar-refractivity contribution in [2.75, 3.05) is 26.9 Å². The van der Waals surface area contributed by atoms with E-state index in [-0.39, 0.29) is 6.04 Å². The van der Waals surface area contributed by atoms with Crippen LogP contribution in [-0.2, 0) is 4.57 Å². The molecule has 0 aromatic carbocycles. The maximum Gasteiger partial charge on any atom is 0.272 e. The predicted octanol–water partition coefficient (Wildman–Crippen LogP) is 1.34. The van der Waals surface area contributed by atoms with Gasteiger partial charge in [-0.1, -0.05) is 17.3 Å². The molecule has 0 aromatic heterocycles. The van der Waals surface area contributed by atoms with Crippen molar-refractivity contribution in [2.45, 2.75) is 6.04 Å². The van der Waals surface area contributed by atoms with Crippen LogP contribution in [0, 0.1) is 12.3 Å². The van der Waals surface area contributed by atoms with Gasteiger partial charge in [-0.2, -0.15) is 0 Å². The summed E-state index contributed by atoms with van der Waals surface area (Å²) in [5.41, 5.74) is 0.